The molecular formula is C19H33NO4. The largest absolute Gasteiger partial charge is 0.497 e. The van der Waals surface area contributed by atoms with Gasteiger partial charge in [0.05, 0.1) is 25.4 Å². The Morgan fingerprint density at radius 3 is 2.58 bits per heavy atom. The molecule has 0 aliphatic rings. The lowest BCUT2D eigenvalue weighted by Gasteiger charge is -2.27. The molecule has 0 saturated heterocycles. The van der Waals surface area contributed by atoms with E-state index in [1.165, 1.54) is 0 Å². The molecule has 0 aromatic heterocycles. The molecule has 5 nitrogen and oxygen atoms in total. The van der Waals surface area contributed by atoms with E-state index in [0.717, 1.165) is 30.8 Å². The third kappa shape index (κ3) is 9.23. The third-order valence-corrected chi connectivity index (χ3v) is 3.54. The molecule has 1 rings (SSSR count). The summed E-state index contributed by atoms with van der Waals surface area (Å²) in [5.74, 6) is 0.848. The molecule has 0 spiro atoms. The summed E-state index contributed by atoms with van der Waals surface area (Å²) in [5, 5.41) is 10.3. The molecule has 0 bridgehead atoms. The van der Waals surface area contributed by atoms with Gasteiger partial charge in [-0.1, -0.05) is 12.1 Å². The Kier molecular flexibility index (Phi) is 9.29. The van der Waals surface area contributed by atoms with Gasteiger partial charge in [-0.3, -0.25) is 4.90 Å². The minimum Gasteiger partial charge on any atom is -0.497 e. The van der Waals surface area contributed by atoms with Crippen LogP contribution in [0, 0.1) is 0 Å². The predicted octanol–water partition coefficient (Wildman–Crippen LogP) is 2.71. The van der Waals surface area contributed by atoms with Gasteiger partial charge in [0.1, 0.15) is 5.75 Å². The summed E-state index contributed by atoms with van der Waals surface area (Å²) in [6.07, 6.45) is 0.408. The van der Waals surface area contributed by atoms with E-state index in [0.29, 0.717) is 19.8 Å². The highest BCUT2D eigenvalue weighted by molar-refractivity contribution is 5.28. The zero-order valence-electron chi connectivity index (χ0n) is 15.7. The fourth-order valence-corrected chi connectivity index (χ4v) is 2.39. The van der Waals surface area contributed by atoms with Crippen molar-refractivity contribution >= 4 is 0 Å². The van der Waals surface area contributed by atoms with Crippen molar-refractivity contribution in [1.29, 1.82) is 0 Å². The van der Waals surface area contributed by atoms with Crippen LogP contribution in [0.4, 0.5) is 0 Å². The van der Waals surface area contributed by atoms with Gasteiger partial charge in [0, 0.05) is 33.4 Å². The van der Waals surface area contributed by atoms with Crippen LogP contribution in [0.25, 0.3) is 0 Å². The number of rotatable bonds is 11. The van der Waals surface area contributed by atoms with Crippen LogP contribution >= 0.6 is 0 Å². The van der Waals surface area contributed by atoms with Crippen LogP contribution in [0.1, 0.15) is 32.8 Å². The summed E-state index contributed by atoms with van der Waals surface area (Å²) in [7, 11) is 3.38. The first kappa shape index (κ1) is 20.9. The smallest absolute Gasteiger partial charge is 0.119 e. The van der Waals surface area contributed by atoms with E-state index in [-0.39, 0.29) is 5.60 Å². The van der Waals surface area contributed by atoms with Crippen LogP contribution in [0.3, 0.4) is 0 Å². The Morgan fingerprint density at radius 1 is 1.21 bits per heavy atom. The Hall–Kier alpha value is -1.14. The SMILES string of the molecule is COCCCN(Cc1cccc(OC)c1)C[C@@H](O)COC(C)(C)C. The topological polar surface area (TPSA) is 51.2 Å². The predicted molar refractivity (Wildman–Crippen MR) is 96.5 cm³/mol. The molecule has 0 unspecified atom stereocenters. The maximum atomic E-state index is 10.3. The molecule has 0 saturated carbocycles. The van der Waals surface area contributed by atoms with E-state index >= 15 is 0 Å². The van der Waals surface area contributed by atoms with Gasteiger partial charge in [-0.25, -0.2) is 0 Å². The Morgan fingerprint density at radius 2 is 1.96 bits per heavy atom. The minimum atomic E-state index is -0.516. The zero-order chi connectivity index (χ0) is 18.0. The van der Waals surface area contributed by atoms with Gasteiger partial charge in [-0.2, -0.15) is 0 Å². The molecule has 0 aliphatic carbocycles. The van der Waals surface area contributed by atoms with Gasteiger partial charge in [0.15, 0.2) is 0 Å². The molecule has 1 atom stereocenters. The highest BCUT2D eigenvalue weighted by Gasteiger charge is 2.17. The number of nitrogens with zero attached hydrogens (tertiary/aromatic N) is 1. The van der Waals surface area contributed by atoms with Gasteiger partial charge >= 0.3 is 0 Å². The maximum Gasteiger partial charge on any atom is 0.119 e. The van der Waals surface area contributed by atoms with Crippen LogP contribution in [0.15, 0.2) is 24.3 Å². The first-order valence-electron chi connectivity index (χ1n) is 8.50. The molecular weight excluding hydrogens is 306 g/mol. The van der Waals surface area contributed by atoms with E-state index < -0.39 is 6.10 Å². The van der Waals surface area contributed by atoms with Crippen LogP contribution < -0.4 is 4.74 Å². The highest BCUT2D eigenvalue weighted by atomic mass is 16.5. The molecule has 138 valence electrons. The Bertz CT molecular complexity index is 459. The number of aliphatic hydroxyl groups is 1. The number of benzene rings is 1. The standard InChI is InChI=1S/C19H33NO4/c1-19(2,3)24-15-17(21)14-20(10-7-11-22-4)13-16-8-6-9-18(12-16)23-5/h6,8-9,12,17,21H,7,10-11,13-15H2,1-5H3/t17-/m1/s1. The lowest BCUT2D eigenvalue weighted by Crippen LogP contribution is -2.37. The summed E-state index contributed by atoms with van der Waals surface area (Å²) in [6, 6.07) is 8.02. The van der Waals surface area contributed by atoms with E-state index in [1.54, 1.807) is 14.2 Å². The first-order valence-corrected chi connectivity index (χ1v) is 8.50. The van der Waals surface area contributed by atoms with E-state index in [4.69, 9.17) is 14.2 Å². The summed E-state index contributed by atoms with van der Waals surface area (Å²) in [6.45, 7) is 9.21. The quantitative estimate of drug-likeness (QED) is 0.628. The summed E-state index contributed by atoms with van der Waals surface area (Å²) in [5.41, 5.74) is 0.921. The molecule has 1 aromatic carbocycles. The molecule has 1 N–H and O–H groups in total. The molecule has 24 heavy (non-hydrogen) atoms. The average Bonchev–Trinajstić information content (AvgIpc) is 2.52. The number of hydrogen-bond acceptors (Lipinski definition) is 5. The van der Waals surface area contributed by atoms with Crippen LogP contribution in [0.2, 0.25) is 0 Å². The van der Waals surface area contributed by atoms with Crippen molar-refractivity contribution in [2.45, 2.75) is 45.4 Å². The molecule has 1 aromatic rings. The van der Waals surface area contributed by atoms with Crippen molar-refractivity contribution in [2.75, 3.05) is 40.5 Å². The number of aliphatic hydroxyl groups excluding tert-OH is 1. The molecule has 0 fully saturated rings. The molecule has 0 heterocycles. The van der Waals surface area contributed by atoms with E-state index in [2.05, 4.69) is 11.0 Å². The van der Waals surface area contributed by atoms with Crippen molar-refractivity contribution in [3.8, 4) is 5.75 Å². The van der Waals surface area contributed by atoms with Crippen molar-refractivity contribution in [3.05, 3.63) is 29.8 Å². The van der Waals surface area contributed by atoms with Crippen molar-refractivity contribution in [2.24, 2.45) is 0 Å². The van der Waals surface area contributed by atoms with Crippen molar-refractivity contribution in [3.63, 3.8) is 0 Å². The summed E-state index contributed by atoms with van der Waals surface area (Å²) >= 11 is 0. The lowest BCUT2D eigenvalue weighted by atomic mass is 10.1. The number of methoxy groups -OCH3 is 2. The molecule has 0 radical (unpaired) electrons. The van der Waals surface area contributed by atoms with Crippen LogP contribution in [-0.2, 0) is 16.0 Å². The normalized spacial score (nSPS) is 13.3. The molecule has 0 aliphatic heterocycles. The van der Waals surface area contributed by atoms with Gasteiger partial charge in [-0.15, -0.1) is 0 Å². The van der Waals surface area contributed by atoms with Gasteiger partial charge in [0.25, 0.3) is 0 Å². The summed E-state index contributed by atoms with van der Waals surface area (Å²) < 4.78 is 16.1. The van der Waals surface area contributed by atoms with Crippen molar-refractivity contribution < 1.29 is 19.3 Å². The maximum absolute atomic E-state index is 10.3. The second-order valence-corrected chi connectivity index (χ2v) is 7.01. The number of hydrogen-bond donors (Lipinski definition) is 1. The highest BCUT2D eigenvalue weighted by Crippen LogP contribution is 2.15. The van der Waals surface area contributed by atoms with Gasteiger partial charge in [0.2, 0.25) is 0 Å². The van der Waals surface area contributed by atoms with Crippen LogP contribution in [0.5, 0.6) is 5.75 Å². The fraction of sp³-hybridized carbons (Fsp3) is 0.684. The second-order valence-electron chi connectivity index (χ2n) is 7.01. The third-order valence-electron chi connectivity index (χ3n) is 3.54. The lowest BCUT2D eigenvalue weighted by molar-refractivity contribution is -0.0569. The second kappa shape index (κ2) is 10.7. The molecule has 0 amide bonds. The summed E-state index contributed by atoms with van der Waals surface area (Å²) in [4.78, 5) is 2.23. The number of ether oxygens (including phenoxy) is 3. The Balaban J connectivity index is 2.61. The fourth-order valence-electron chi connectivity index (χ4n) is 2.39. The minimum absolute atomic E-state index is 0.241. The zero-order valence-corrected chi connectivity index (χ0v) is 15.7. The van der Waals surface area contributed by atoms with Crippen molar-refractivity contribution in [1.82, 2.24) is 4.90 Å². The average molecular weight is 339 g/mol. The molecule has 5 heteroatoms. The van der Waals surface area contributed by atoms with E-state index in [1.807, 2.05) is 39.0 Å². The van der Waals surface area contributed by atoms with Gasteiger partial charge < -0.3 is 19.3 Å². The van der Waals surface area contributed by atoms with E-state index in [9.17, 15) is 5.11 Å². The first-order chi connectivity index (χ1) is 11.3. The van der Waals surface area contributed by atoms with Crippen LogP contribution in [-0.4, -0.2) is 62.2 Å². The monoisotopic (exact) mass is 339 g/mol. The Labute approximate surface area is 146 Å². The van der Waals surface area contributed by atoms with Gasteiger partial charge in [-0.05, 0) is 44.9 Å².